The van der Waals surface area contributed by atoms with Crippen LogP contribution in [0.1, 0.15) is 51.6 Å². The predicted octanol–water partition coefficient (Wildman–Crippen LogP) is 4.15. The fourth-order valence-electron chi connectivity index (χ4n) is 3.48. The molecule has 0 radical (unpaired) electrons. The van der Waals surface area contributed by atoms with Gasteiger partial charge in [-0.2, -0.15) is 5.26 Å². The number of rotatable bonds is 3. The minimum atomic E-state index is 0.176. The second-order valence-electron chi connectivity index (χ2n) is 6.31. The van der Waals surface area contributed by atoms with E-state index in [-0.39, 0.29) is 5.54 Å². The Bertz CT molecular complexity index is 444. The van der Waals surface area contributed by atoms with Gasteiger partial charge in [-0.05, 0) is 51.6 Å². The van der Waals surface area contributed by atoms with Gasteiger partial charge in [-0.3, -0.25) is 4.90 Å². The van der Waals surface area contributed by atoms with Crippen LogP contribution in [0.2, 0.25) is 0 Å². The fraction of sp³-hybridized carbons (Fsp3) is 0.588. The quantitative estimate of drug-likeness (QED) is 0.812. The summed E-state index contributed by atoms with van der Waals surface area (Å²) >= 11 is 0. The Kier molecular flexibility index (Phi) is 4.27. The van der Waals surface area contributed by atoms with Gasteiger partial charge in [0, 0.05) is 18.0 Å². The van der Waals surface area contributed by atoms with Crippen LogP contribution in [0.5, 0.6) is 0 Å². The van der Waals surface area contributed by atoms with Crippen LogP contribution in [0.4, 0.5) is 0 Å². The van der Waals surface area contributed by atoms with Gasteiger partial charge >= 0.3 is 0 Å². The van der Waals surface area contributed by atoms with Gasteiger partial charge in [0.2, 0.25) is 0 Å². The number of hydrogen-bond acceptors (Lipinski definition) is 2. The number of piperidine rings is 1. The molecule has 1 aromatic rings. The largest absolute Gasteiger partial charge is 0.291 e. The Balaban J connectivity index is 2.11. The molecule has 102 valence electrons. The van der Waals surface area contributed by atoms with E-state index < -0.39 is 0 Å². The van der Waals surface area contributed by atoms with E-state index in [1.807, 2.05) is 0 Å². The molecule has 1 heterocycles. The van der Waals surface area contributed by atoms with Crippen LogP contribution >= 0.6 is 0 Å². The van der Waals surface area contributed by atoms with E-state index in [2.05, 4.69) is 62.1 Å². The van der Waals surface area contributed by atoms with Crippen LogP contribution in [-0.2, 0) is 0 Å². The van der Waals surface area contributed by atoms with Crippen LogP contribution < -0.4 is 0 Å². The van der Waals surface area contributed by atoms with Crippen LogP contribution in [0.3, 0.4) is 0 Å². The van der Waals surface area contributed by atoms with Crippen LogP contribution in [0.15, 0.2) is 30.3 Å². The van der Waals surface area contributed by atoms with Gasteiger partial charge in [0.05, 0.1) is 6.07 Å². The molecule has 2 heteroatoms. The predicted molar refractivity (Wildman–Crippen MR) is 78.6 cm³/mol. The van der Waals surface area contributed by atoms with E-state index >= 15 is 0 Å². The van der Waals surface area contributed by atoms with Gasteiger partial charge in [0.25, 0.3) is 0 Å². The van der Waals surface area contributed by atoms with Crippen molar-refractivity contribution in [1.29, 1.82) is 5.26 Å². The molecule has 2 unspecified atom stereocenters. The van der Waals surface area contributed by atoms with E-state index in [1.165, 1.54) is 5.56 Å². The van der Waals surface area contributed by atoms with Crippen molar-refractivity contribution >= 4 is 0 Å². The zero-order valence-electron chi connectivity index (χ0n) is 12.3. The van der Waals surface area contributed by atoms with E-state index in [1.54, 1.807) is 0 Å². The Labute approximate surface area is 117 Å². The third-order valence-corrected chi connectivity index (χ3v) is 4.47. The lowest BCUT2D eigenvalue weighted by Crippen LogP contribution is -2.50. The lowest BCUT2D eigenvalue weighted by Gasteiger charge is -2.48. The SMILES string of the molecule is CC(c1ccccc1)N1CCC(CC#N)CC1(C)C. The van der Waals surface area contributed by atoms with Crippen LogP contribution in [0.25, 0.3) is 0 Å². The van der Waals surface area contributed by atoms with E-state index in [9.17, 15) is 0 Å². The normalized spacial score (nSPS) is 24.6. The first-order chi connectivity index (χ1) is 9.04. The Morgan fingerprint density at radius 3 is 2.63 bits per heavy atom. The first-order valence-corrected chi connectivity index (χ1v) is 7.23. The third-order valence-electron chi connectivity index (χ3n) is 4.47. The summed E-state index contributed by atoms with van der Waals surface area (Å²) < 4.78 is 0. The van der Waals surface area contributed by atoms with Gasteiger partial charge in [0.1, 0.15) is 0 Å². The van der Waals surface area contributed by atoms with E-state index in [0.717, 1.165) is 19.4 Å². The summed E-state index contributed by atoms with van der Waals surface area (Å²) in [7, 11) is 0. The summed E-state index contributed by atoms with van der Waals surface area (Å²) in [5, 5.41) is 8.88. The molecule has 0 bridgehead atoms. The summed E-state index contributed by atoms with van der Waals surface area (Å²) in [6.45, 7) is 8.02. The van der Waals surface area contributed by atoms with Crippen molar-refractivity contribution < 1.29 is 0 Å². The topological polar surface area (TPSA) is 27.0 Å². The number of hydrogen-bond donors (Lipinski definition) is 0. The molecule has 1 aliphatic rings. The third kappa shape index (κ3) is 3.16. The number of benzene rings is 1. The van der Waals surface area contributed by atoms with Crippen LogP contribution in [0, 0.1) is 17.2 Å². The second kappa shape index (κ2) is 5.75. The molecule has 19 heavy (non-hydrogen) atoms. The van der Waals surface area contributed by atoms with Gasteiger partial charge in [-0.15, -0.1) is 0 Å². The van der Waals surface area contributed by atoms with E-state index in [4.69, 9.17) is 5.26 Å². The highest BCUT2D eigenvalue weighted by Gasteiger charge is 2.37. The Morgan fingerprint density at radius 2 is 2.05 bits per heavy atom. The average molecular weight is 256 g/mol. The molecule has 1 aromatic carbocycles. The first-order valence-electron chi connectivity index (χ1n) is 7.23. The van der Waals surface area contributed by atoms with Crippen molar-refractivity contribution in [3.63, 3.8) is 0 Å². The number of nitriles is 1. The smallest absolute Gasteiger partial charge is 0.0624 e. The molecule has 0 N–H and O–H groups in total. The van der Waals surface area contributed by atoms with Gasteiger partial charge in [-0.25, -0.2) is 0 Å². The summed E-state index contributed by atoms with van der Waals surface area (Å²) in [6.07, 6.45) is 2.98. The molecule has 1 aliphatic heterocycles. The van der Waals surface area contributed by atoms with Crippen molar-refractivity contribution in [2.75, 3.05) is 6.54 Å². The van der Waals surface area contributed by atoms with Gasteiger partial charge in [-0.1, -0.05) is 30.3 Å². The Morgan fingerprint density at radius 1 is 1.37 bits per heavy atom. The van der Waals surface area contributed by atoms with Gasteiger partial charge in [0.15, 0.2) is 0 Å². The average Bonchev–Trinajstić information content (AvgIpc) is 2.38. The summed E-state index contributed by atoms with van der Waals surface area (Å²) in [6, 6.07) is 13.5. The molecule has 2 atom stereocenters. The van der Waals surface area contributed by atoms with Gasteiger partial charge < -0.3 is 0 Å². The summed E-state index contributed by atoms with van der Waals surface area (Å²) in [4.78, 5) is 2.59. The zero-order valence-corrected chi connectivity index (χ0v) is 12.3. The second-order valence-corrected chi connectivity index (χ2v) is 6.31. The Hall–Kier alpha value is -1.33. The standard InChI is InChI=1S/C17H24N2/c1-14(16-7-5-4-6-8-16)19-12-10-15(9-11-18)13-17(19,2)3/h4-8,14-15H,9-10,12-13H2,1-3H3. The van der Waals surface area contributed by atoms with E-state index in [0.29, 0.717) is 18.4 Å². The molecule has 1 saturated heterocycles. The lowest BCUT2D eigenvalue weighted by atomic mass is 9.80. The minimum absolute atomic E-state index is 0.176. The summed E-state index contributed by atoms with van der Waals surface area (Å²) in [5.41, 5.74) is 1.56. The molecule has 0 spiro atoms. The number of likely N-dealkylation sites (tertiary alicyclic amines) is 1. The maximum atomic E-state index is 8.88. The molecular weight excluding hydrogens is 232 g/mol. The molecular formula is C17H24N2. The lowest BCUT2D eigenvalue weighted by molar-refractivity contribution is 0.0150. The minimum Gasteiger partial charge on any atom is -0.291 e. The molecule has 0 aliphatic carbocycles. The first kappa shape index (κ1) is 14.1. The molecule has 2 nitrogen and oxygen atoms in total. The monoisotopic (exact) mass is 256 g/mol. The molecule has 0 saturated carbocycles. The molecule has 0 aromatic heterocycles. The number of nitrogens with zero attached hydrogens (tertiary/aromatic N) is 2. The van der Waals surface area contributed by atoms with Crippen molar-refractivity contribution in [3.8, 4) is 6.07 Å². The van der Waals surface area contributed by atoms with Crippen molar-refractivity contribution in [3.05, 3.63) is 35.9 Å². The highest BCUT2D eigenvalue weighted by atomic mass is 15.2. The molecule has 1 fully saturated rings. The molecule has 2 rings (SSSR count). The highest BCUT2D eigenvalue weighted by molar-refractivity contribution is 5.19. The summed E-state index contributed by atoms with van der Waals surface area (Å²) in [5.74, 6) is 0.569. The van der Waals surface area contributed by atoms with Crippen molar-refractivity contribution in [1.82, 2.24) is 4.90 Å². The maximum absolute atomic E-state index is 8.88. The highest BCUT2D eigenvalue weighted by Crippen LogP contribution is 2.38. The van der Waals surface area contributed by atoms with Crippen molar-refractivity contribution in [2.45, 2.75) is 51.6 Å². The van der Waals surface area contributed by atoms with Crippen LogP contribution in [-0.4, -0.2) is 17.0 Å². The molecule has 0 amide bonds. The fourth-order valence-corrected chi connectivity index (χ4v) is 3.48. The maximum Gasteiger partial charge on any atom is 0.0624 e. The zero-order chi connectivity index (χ0) is 13.9. The van der Waals surface area contributed by atoms with Crippen molar-refractivity contribution in [2.24, 2.45) is 5.92 Å².